The highest BCUT2D eigenvalue weighted by atomic mass is 16.7. The predicted octanol–water partition coefficient (Wildman–Crippen LogP) is 5.69. The number of hydrogen-bond acceptors (Lipinski definition) is 3. The van der Waals surface area contributed by atoms with Crippen LogP contribution in [0.4, 0.5) is 0 Å². The van der Waals surface area contributed by atoms with Gasteiger partial charge < -0.3 is 14.6 Å². The number of carboxylic acids is 1. The minimum atomic E-state index is -0.844. The molecule has 1 saturated heterocycles. The average molecular weight is 343 g/mol. The van der Waals surface area contributed by atoms with Crippen molar-refractivity contribution in [1.29, 1.82) is 0 Å². The molecule has 24 heavy (non-hydrogen) atoms. The molecular formula is C20H38O4. The van der Waals surface area contributed by atoms with Crippen LogP contribution in [0.2, 0.25) is 0 Å². The Labute approximate surface area is 148 Å². The number of carboxylic acid groups (broad SMARTS) is 1. The van der Waals surface area contributed by atoms with Gasteiger partial charge in [0.2, 0.25) is 0 Å². The molecule has 1 heterocycles. The molecule has 0 aromatic rings. The zero-order valence-corrected chi connectivity index (χ0v) is 15.7. The van der Waals surface area contributed by atoms with Crippen LogP contribution < -0.4 is 0 Å². The summed E-state index contributed by atoms with van der Waals surface area (Å²) in [5, 5.41) is 8.98. The van der Waals surface area contributed by atoms with E-state index in [-0.39, 0.29) is 6.42 Å². The van der Waals surface area contributed by atoms with Crippen molar-refractivity contribution >= 4 is 5.97 Å². The standard InChI is InChI=1S/C20H38O4/c1-2-3-4-5-6-7-8-9-10-11-12-13-14-15-20(18-19(21)22)23-16-17-24-20/h2-18H2,1H3,(H,21,22). The second kappa shape index (κ2) is 13.7. The molecule has 0 unspecified atom stereocenters. The summed E-state index contributed by atoms with van der Waals surface area (Å²) < 4.78 is 11.1. The number of aliphatic carboxylic acids is 1. The van der Waals surface area contributed by atoms with Crippen LogP contribution >= 0.6 is 0 Å². The quantitative estimate of drug-likeness (QED) is 0.366. The van der Waals surface area contributed by atoms with Crippen LogP contribution in [0.25, 0.3) is 0 Å². The summed E-state index contributed by atoms with van der Waals surface area (Å²) in [7, 11) is 0. The van der Waals surface area contributed by atoms with Gasteiger partial charge in [-0.25, -0.2) is 0 Å². The fraction of sp³-hybridized carbons (Fsp3) is 0.950. The Balaban J connectivity index is 1.88. The maximum absolute atomic E-state index is 10.9. The van der Waals surface area contributed by atoms with Gasteiger partial charge in [-0.2, -0.15) is 0 Å². The van der Waals surface area contributed by atoms with Crippen LogP contribution in [0, 0.1) is 0 Å². The van der Waals surface area contributed by atoms with Gasteiger partial charge in [-0.15, -0.1) is 0 Å². The van der Waals surface area contributed by atoms with Crippen molar-refractivity contribution < 1.29 is 19.4 Å². The van der Waals surface area contributed by atoms with Gasteiger partial charge in [0.1, 0.15) is 0 Å². The Bertz CT molecular complexity index is 311. The molecule has 1 N–H and O–H groups in total. The lowest BCUT2D eigenvalue weighted by atomic mass is 10.0. The summed E-state index contributed by atoms with van der Waals surface area (Å²) in [6, 6.07) is 0. The van der Waals surface area contributed by atoms with E-state index in [0.717, 1.165) is 12.8 Å². The molecule has 0 aromatic carbocycles. The van der Waals surface area contributed by atoms with Crippen molar-refractivity contribution in [3.8, 4) is 0 Å². The SMILES string of the molecule is CCCCCCCCCCCCCCCC1(CC(=O)O)OCCO1. The zero-order chi connectivity index (χ0) is 17.5. The molecule has 0 bridgehead atoms. The summed E-state index contributed by atoms with van der Waals surface area (Å²) in [5.41, 5.74) is 0. The van der Waals surface area contributed by atoms with E-state index < -0.39 is 11.8 Å². The normalized spacial score (nSPS) is 16.5. The van der Waals surface area contributed by atoms with Crippen molar-refractivity contribution in [2.24, 2.45) is 0 Å². The lowest BCUT2D eigenvalue weighted by molar-refractivity contribution is -0.182. The van der Waals surface area contributed by atoms with Gasteiger partial charge in [0.25, 0.3) is 0 Å². The van der Waals surface area contributed by atoms with Crippen LogP contribution in [0.1, 0.15) is 103 Å². The van der Waals surface area contributed by atoms with Crippen molar-refractivity contribution in [3.05, 3.63) is 0 Å². The molecule has 1 fully saturated rings. The fourth-order valence-electron chi connectivity index (χ4n) is 3.47. The Hall–Kier alpha value is -0.610. The fourth-order valence-corrected chi connectivity index (χ4v) is 3.47. The minimum absolute atomic E-state index is 0.0365. The van der Waals surface area contributed by atoms with Gasteiger partial charge in [-0.1, -0.05) is 84.0 Å². The van der Waals surface area contributed by atoms with E-state index in [9.17, 15) is 4.79 Å². The van der Waals surface area contributed by atoms with Crippen LogP contribution in [0.3, 0.4) is 0 Å². The molecular weight excluding hydrogens is 304 g/mol. The van der Waals surface area contributed by atoms with Crippen LogP contribution in [0.15, 0.2) is 0 Å². The number of rotatable bonds is 16. The van der Waals surface area contributed by atoms with Crippen molar-refractivity contribution in [1.82, 2.24) is 0 Å². The second-order valence-electron chi connectivity index (χ2n) is 7.17. The summed E-state index contributed by atoms with van der Waals surface area (Å²) in [4.78, 5) is 10.9. The zero-order valence-electron chi connectivity index (χ0n) is 15.7. The second-order valence-corrected chi connectivity index (χ2v) is 7.17. The van der Waals surface area contributed by atoms with E-state index in [4.69, 9.17) is 14.6 Å². The third kappa shape index (κ3) is 10.3. The molecule has 4 heteroatoms. The van der Waals surface area contributed by atoms with Crippen LogP contribution in [-0.4, -0.2) is 30.1 Å². The number of hydrogen-bond donors (Lipinski definition) is 1. The van der Waals surface area contributed by atoms with Crippen molar-refractivity contribution in [2.45, 2.75) is 109 Å². The lowest BCUT2D eigenvalue weighted by Crippen LogP contribution is -2.33. The maximum Gasteiger partial charge on any atom is 0.308 e. The van der Waals surface area contributed by atoms with Gasteiger partial charge in [0.15, 0.2) is 5.79 Å². The van der Waals surface area contributed by atoms with Gasteiger partial charge in [-0.3, -0.25) is 4.79 Å². The Morgan fingerprint density at radius 1 is 0.792 bits per heavy atom. The van der Waals surface area contributed by atoms with E-state index in [0.29, 0.717) is 19.6 Å². The number of ether oxygens (including phenoxy) is 2. The van der Waals surface area contributed by atoms with E-state index in [1.165, 1.54) is 70.6 Å². The van der Waals surface area contributed by atoms with Gasteiger partial charge in [0.05, 0.1) is 19.6 Å². The van der Waals surface area contributed by atoms with Gasteiger partial charge in [0, 0.05) is 6.42 Å². The van der Waals surface area contributed by atoms with Gasteiger partial charge >= 0.3 is 5.97 Å². The molecule has 0 atom stereocenters. The summed E-state index contributed by atoms with van der Waals surface area (Å²) >= 11 is 0. The molecule has 4 nitrogen and oxygen atoms in total. The molecule has 1 rings (SSSR count). The summed E-state index contributed by atoms with van der Waals surface area (Å²) in [5.74, 6) is -1.68. The van der Waals surface area contributed by atoms with Crippen LogP contribution in [0.5, 0.6) is 0 Å². The Morgan fingerprint density at radius 2 is 1.21 bits per heavy atom. The van der Waals surface area contributed by atoms with Gasteiger partial charge in [-0.05, 0) is 6.42 Å². The van der Waals surface area contributed by atoms with Crippen molar-refractivity contribution in [2.75, 3.05) is 13.2 Å². The highest BCUT2D eigenvalue weighted by molar-refractivity contribution is 5.67. The van der Waals surface area contributed by atoms with E-state index in [2.05, 4.69) is 6.92 Å². The number of unbranched alkanes of at least 4 members (excludes halogenated alkanes) is 12. The largest absolute Gasteiger partial charge is 0.481 e. The molecule has 1 aliphatic rings. The highest BCUT2D eigenvalue weighted by Crippen LogP contribution is 2.29. The predicted molar refractivity (Wildman–Crippen MR) is 97.2 cm³/mol. The first-order valence-electron chi connectivity index (χ1n) is 10.2. The Kier molecular flexibility index (Phi) is 12.2. The topological polar surface area (TPSA) is 55.8 Å². The third-order valence-corrected chi connectivity index (χ3v) is 4.90. The van der Waals surface area contributed by atoms with E-state index in [1.54, 1.807) is 0 Å². The molecule has 0 saturated carbocycles. The molecule has 0 amide bonds. The summed E-state index contributed by atoms with van der Waals surface area (Å²) in [6.07, 6.45) is 17.8. The molecule has 0 radical (unpaired) electrons. The number of carbonyl (C=O) groups is 1. The first-order chi connectivity index (χ1) is 11.7. The minimum Gasteiger partial charge on any atom is -0.481 e. The molecule has 0 aromatic heterocycles. The highest BCUT2D eigenvalue weighted by Gasteiger charge is 2.38. The lowest BCUT2D eigenvalue weighted by Gasteiger charge is -2.25. The first kappa shape index (κ1) is 21.4. The molecule has 1 aliphatic heterocycles. The van der Waals surface area contributed by atoms with Crippen molar-refractivity contribution in [3.63, 3.8) is 0 Å². The van der Waals surface area contributed by atoms with E-state index >= 15 is 0 Å². The maximum atomic E-state index is 10.9. The first-order valence-corrected chi connectivity index (χ1v) is 10.2. The molecule has 0 spiro atoms. The van der Waals surface area contributed by atoms with Crippen LogP contribution in [-0.2, 0) is 14.3 Å². The smallest absolute Gasteiger partial charge is 0.308 e. The molecule has 0 aliphatic carbocycles. The average Bonchev–Trinajstić information content (AvgIpc) is 2.99. The Morgan fingerprint density at radius 3 is 1.62 bits per heavy atom. The molecule has 142 valence electrons. The third-order valence-electron chi connectivity index (χ3n) is 4.90. The summed E-state index contributed by atoms with van der Waals surface area (Å²) in [6.45, 7) is 3.30. The van der Waals surface area contributed by atoms with E-state index in [1.807, 2.05) is 0 Å². The monoisotopic (exact) mass is 342 g/mol.